The highest BCUT2D eigenvalue weighted by Gasteiger charge is 2.65. The summed E-state index contributed by atoms with van der Waals surface area (Å²) in [6, 6.07) is 0. The fourth-order valence-corrected chi connectivity index (χ4v) is 2.87. The van der Waals surface area contributed by atoms with Crippen LogP contribution in [0, 0.1) is 12.5 Å². The van der Waals surface area contributed by atoms with Crippen molar-refractivity contribution in [1.82, 2.24) is 0 Å². The molecule has 0 unspecified atom stereocenters. The van der Waals surface area contributed by atoms with Gasteiger partial charge < -0.3 is 14.3 Å². The standard InChI is InChI=1S/C14H17F2NO4/c1-6-14(17-5)7(2)11(20-8(3)18)12(21-9(4)19)10(14)13(15)16/h7,11-12H,6H2,1-4H3/t7-,11+,12-,14-/m0/s1. The van der Waals surface area contributed by atoms with Crippen molar-refractivity contribution in [1.29, 1.82) is 0 Å². The highest BCUT2D eigenvalue weighted by molar-refractivity contribution is 5.68. The molecule has 7 heteroatoms. The first-order valence-electron chi connectivity index (χ1n) is 6.50. The molecule has 0 heterocycles. The summed E-state index contributed by atoms with van der Waals surface area (Å²) in [5.74, 6) is -2.18. The first-order chi connectivity index (χ1) is 9.71. The topological polar surface area (TPSA) is 57.0 Å². The van der Waals surface area contributed by atoms with Gasteiger partial charge in [-0.2, -0.15) is 8.78 Å². The van der Waals surface area contributed by atoms with Crippen molar-refractivity contribution < 1.29 is 27.8 Å². The van der Waals surface area contributed by atoms with Crippen LogP contribution in [0.1, 0.15) is 34.1 Å². The largest absolute Gasteiger partial charge is 0.458 e. The molecule has 0 aromatic carbocycles. The molecule has 4 atom stereocenters. The van der Waals surface area contributed by atoms with Crippen LogP contribution in [0.25, 0.3) is 4.85 Å². The lowest BCUT2D eigenvalue weighted by Crippen LogP contribution is -2.35. The van der Waals surface area contributed by atoms with Gasteiger partial charge in [0.25, 0.3) is 11.6 Å². The van der Waals surface area contributed by atoms with Crippen molar-refractivity contribution >= 4 is 11.9 Å². The third-order valence-corrected chi connectivity index (χ3v) is 3.83. The summed E-state index contributed by atoms with van der Waals surface area (Å²) >= 11 is 0. The van der Waals surface area contributed by atoms with Crippen LogP contribution in [0.4, 0.5) is 8.78 Å². The summed E-state index contributed by atoms with van der Waals surface area (Å²) in [6.45, 7) is 12.7. The van der Waals surface area contributed by atoms with Crippen LogP contribution in [0.2, 0.25) is 0 Å². The molecule has 1 aliphatic rings. The van der Waals surface area contributed by atoms with Gasteiger partial charge in [-0.15, -0.1) is 0 Å². The minimum atomic E-state index is -2.07. The molecule has 0 N–H and O–H groups in total. The van der Waals surface area contributed by atoms with E-state index < -0.39 is 47.3 Å². The van der Waals surface area contributed by atoms with E-state index in [1.165, 1.54) is 0 Å². The molecular formula is C14H17F2NO4. The van der Waals surface area contributed by atoms with Crippen LogP contribution in [-0.2, 0) is 19.1 Å². The zero-order chi connectivity index (χ0) is 16.4. The van der Waals surface area contributed by atoms with Crippen LogP contribution in [0.3, 0.4) is 0 Å². The Kier molecular flexibility index (Phi) is 5.05. The van der Waals surface area contributed by atoms with Crippen molar-refractivity contribution in [2.24, 2.45) is 5.92 Å². The summed E-state index contributed by atoms with van der Waals surface area (Å²) in [5.41, 5.74) is -2.10. The van der Waals surface area contributed by atoms with E-state index in [9.17, 15) is 18.4 Å². The van der Waals surface area contributed by atoms with E-state index in [-0.39, 0.29) is 6.42 Å². The zero-order valence-electron chi connectivity index (χ0n) is 12.3. The number of carbonyl (C=O) groups excluding carboxylic acids is 2. The average molecular weight is 301 g/mol. The van der Waals surface area contributed by atoms with Crippen molar-refractivity contribution in [3.8, 4) is 0 Å². The van der Waals surface area contributed by atoms with E-state index >= 15 is 0 Å². The number of carbonyl (C=O) groups is 2. The SMILES string of the molecule is [C-]#[N+][C@]1(CC)C(=C(F)F)[C@H](OC(C)=O)[C@H](OC(C)=O)[C@@H]1C. The summed E-state index contributed by atoms with van der Waals surface area (Å²) in [5, 5.41) is 0. The third kappa shape index (κ3) is 2.89. The number of nitrogens with zero attached hydrogens (tertiary/aromatic N) is 1. The van der Waals surface area contributed by atoms with E-state index in [1.54, 1.807) is 13.8 Å². The van der Waals surface area contributed by atoms with Gasteiger partial charge in [0.05, 0.1) is 5.92 Å². The maximum absolute atomic E-state index is 13.4. The molecule has 0 aliphatic heterocycles. The molecule has 5 nitrogen and oxygen atoms in total. The second-order valence-electron chi connectivity index (χ2n) is 4.96. The first-order valence-corrected chi connectivity index (χ1v) is 6.50. The second-order valence-corrected chi connectivity index (χ2v) is 4.96. The number of rotatable bonds is 3. The van der Waals surface area contributed by atoms with Gasteiger partial charge in [0.1, 0.15) is 5.57 Å². The van der Waals surface area contributed by atoms with Gasteiger partial charge in [0.15, 0.2) is 12.2 Å². The maximum Gasteiger partial charge on any atom is 0.303 e. The minimum Gasteiger partial charge on any atom is -0.458 e. The van der Waals surface area contributed by atoms with Crippen LogP contribution >= 0.6 is 0 Å². The fourth-order valence-electron chi connectivity index (χ4n) is 2.87. The maximum atomic E-state index is 13.4. The van der Waals surface area contributed by atoms with Crippen LogP contribution in [0.15, 0.2) is 11.7 Å². The molecule has 0 bridgehead atoms. The molecule has 21 heavy (non-hydrogen) atoms. The smallest absolute Gasteiger partial charge is 0.303 e. The Morgan fingerprint density at radius 2 is 1.81 bits per heavy atom. The van der Waals surface area contributed by atoms with Gasteiger partial charge in [0, 0.05) is 20.3 Å². The molecule has 1 aliphatic carbocycles. The van der Waals surface area contributed by atoms with Crippen molar-refractivity contribution in [2.45, 2.75) is 51.9 Å². The van der Waals surface area contributed by atoms with Crippen molar-refractivity contribution in [2.75, 3.05) is 0 Å². The highest BCUT2D eigenvalue weighted by atomic mass is 19.3. The highest BCUT2D eigenvalue weighted by Crippen LogP contribution is 2.50. The molecule has 1 fully saturated rings. The van der Waals surface area contributed by atoms with Crippen LogP contribution in [0.5, 0.6) is 0 Å². The normalized spacial score (nSPS) is 31.5. The Balaban J connectivity index is 3.46. The lowest BCUT2D eigenvalue weighted by molar-refractivity contribution is -0.163. The van der Waals surface area contributed by atoms with Crippen molar-refractivity contribution in [3.05, 3.63) is 23.1 Å². The summed E-state index contributed by atoms with van der Waals surface area (Å²) in [7, 11) is 0. The van der Waals surface area contributed by atoms with Crippen LogP contribution in [-0.4, -0.2) is 29.7 Å². The molecule has 0 aromatic rings. The molecule has 0 aromatic heterocycles. The second kappa shape index (κ2) is 6.20. The Bertz CT molecular complexity index is 522. The quantitative estimate of drug-likeness (QED) is 0.594. The van der Waals surface area contributed by atoms with Gasteiger partial charge >= 0.3 is 11.9 Å². The van der Waals surface area contributed by atoms with Crippen molar-refractivity contribution in [3.63, 3.8) is 0 Å². The Hall–Kier alpha value is -1.97. The van der Waals surface area contributed by atoms with E-state index in [1.807, 2.05) is 0 Å². The third-order valence-electron chi connectivity index (χ3n) is 3.83. The average Bonchev–Trinajstić information content (AvgIpc) is 2.59. The predicted octanol–water partition coefficient (Wildman–Crippen LogP) is 2.72. The van der Waals surface area contributed by atoms with E-state index in [0.29, 0.717) is 0 Å². The molecule has 0 amide bonds. The minimum absolute atomic E-state index is 0.0971. The van der Waals surface area contributed by atoms with E-state index in [4.69, 9.17) is 16.0 Å². The van der Waals surface area contributed by atoms with Crippen LogP contribution < -0.4 is 0 Å². The van der Waals surface area contributed by atoms with Gasteiger partial charge in [0.2, 0.25) is 0 Å². The Morgan fingerprint density at radius 1 is 1.29 bits per heavy atom. The molecule has 0 spiro atoms. The predicted molar refractivity (Wildman–Crippen MR) is 69.1 cm³/mol. The number of ether oxygens (including phenoxy) is 2. The summed E-state index contributed by atoms with van der Waals surface area (Å²) in [6.07, 6.45) is -4.50. The molecule has 0 saturated heterocycles. The molecular weight excluding hydrogens is 284 g/mol. The van der Waals surface area contributed by atoms with E-state index in [2.05, 4.69) is 4.85 Å². The van der Waals surface area contributed by atoms with E-state index in [0.717, 1.165) is 13.8 Å². The molecule has 116 valence electrons. The number of esters is 2. The molecule has 1 saturated carbocycles. The van der Waals surface area contributed by atoms with Gasteiger partial charge in [-0.05, 0) is 0 Å². The summed E-state index contributed by atoms with van der Waals surface area (Å²) < 4.78 is 36.8. The lowest BCUT2D eigenvalue weighted by Gasteiger charge is -2.22. The number of hydrogen-bond acceptors (Lipinski definition) is 4. The monoisotopic (exact) mass is 301 g/mol. The van der Waals surface area contributed by atoms with Gasteiger partial charge in [-0.1, -0.05) is 13.8 Å². The molecule has 1 rings (SSSR count). The van der Waals surface area contributed by atoms with Gasteiger partial charge in [-0.3, -0.25) is 9.59 Å². The molecule has 0 radical (unpaired) electrons. The Labute approximate surface area is 121 Å². The van der Waals surface area contributed by atoms with Gasteiger partial charge in [-0.25, -0.2) is 6.57 Å². The lowest BCUT2D eigenvalue weighted by atomic mass is 9.83. The summed E-state index contributed by atoms with van der Waals surface area (Å²) in [4.78, 5) is 25.7. The fraction of sp³-hybridized carbons (Fsp3) is 0.643. The Morgan fingerprint density at radius 3 is 2.14 bits per heavy atom. The zero-order valence-corrected chi connectivity index (χ0v) is 12.3. The first kappa shape index (κ1) is 17.1. The number of halogens is 2. The number of hydrogen-bond donors (Lipinski definition) is 0.